The maximum atomic E-state index is 14.4. The quantitative estimate of drug-likeness (QED) is 0.312. The Morgan fingerprint density at radius 1 is 1.28 bits per heavy atom. The number of nitrogens with zero attached hydrogens (tertiary/aromatic N) is 4. The molecule has 0 aliphatic rings. The third kappa shape index (κ3) is 5.69. The van der Waals surface area contributed by atoms with Crippen molar-refractivity contribution in [2.24, 2.45) is 4.99 Å². The van der Waals surface area contributed by atoms with E-state index in [0.29, 0.717) is 24.7 Å². The Morgan fingerprint density at radius 2 is 2.07 bits per heavy atom. The number of hydrogen-bond donors (Lipinski definition) is 1. The Bertz CT molecular complexity index is 946. The first-order valence-electron chi connectivity index (χ1n) is 8.93. The molecule has 0 atom stereocenters. The van der Waals surface area contributed by atoms with Crippen molar-refractivity contribution in [3.8, 4) is 11.4 Å². The minimum Gasteiger partial charge on any atom is -0.496 e. The molecule has 1 aromatic heterocycles. The van der Waals surface area contributed by atoms with Crippen molar-refractivity contribution in [2.45, 2.75) is 13.1 Å². The van der Waals surface area contributed by atoms with Gasteiger partial charge >= 0.3 is 0 Å². The number of rotatable bonds is 6. The topological polar surface area (TPSA) is 54.7 Å². The highest BCUT2D eigenvalue weighted by Crippen LogP contribution is 2.19. The van der Waals surface area contributed by atoms with E-state index >= 15 is 0 Å². The molecular weight excluding hydrogens is 484 g/mol. The summed E-state index contributed by atoms with van der Waals surface area (Å²) in [5, 5.41) is 3.27. The van der Waals surface area contributed by atoms with E-state index in [1.807, 2.05) is 42.3 Å². The second-order valence-corrected chi connectivity index (χ2v) is 6.32. The molecule has 0 aliphatic heterocycles. The normalized spacial score (nSPS) is 11.0. The van der Waals surface area contributed by atoms with Crippen molar-refractivity contribution in [1.29, 1.82) is 0 Å². The van der Waals surface area contributed by atoms with Crippen LogP contribution in [-0.4, -0.2) is 41.6 Å². The number of aromatic nitrogens is 2. The van der Waals surface area contributed by atoms with Crippen molar-refractivity contribution in [3.05, 3.63) is 78.1 Å². The molecule has 0 fully saturated rings. The maximum Gasteiger partial charge on any atom is 0.193 e. The fourth-order valence-electron chi connectivity index (χ4n) is 3.00. The van der Waals surface area contributed by atoms with Crippen molar-refractivity contribution in [1.82, 2.24) is 19.8 Å². The van der Waals surface area contributed by atoms with E-state index in [9.17, 15) is 4.39 Å². The van der Waals surface area contributed by atoms with Gasteiger partial charge < -0.3 is 19.5 Å². The third-order valence-corrected chi connectivity index (χ3v) is 4.42. The lowest BCUT2D eigenvalue weighted by atomic mass is 10.2. The number of imidazole rings is 1. The third-order valence-electron chi connectivity index (χ3n) is 4.42. The average Bonchev–Trinajstić information content (AvgIpc) is 3.23. The van der Waals surface area contributed by atoms with Crippen LogP contribution in [0.2, 0.25) is 0 Å². The number of methoxy groups -OCH3 is 1. The van der Waals surface area contributed by atoms with E-state index in [0.717, 1.165) is 16.9 Å². The zero-order valence-electron chi connectivity index (χ0n) is 16.7. The Balaban J connectivity index is 0.00000300. The molecule has 154 valence electrons. The second-order valence-electron chi connectivity index (χ2n) is 6.32. The number of para-hydroxylation sites is 1. The molecule has 0 saturated heterocycles. The highest BCUT2D eigenvalue weighted by atomic mass is 127. The highest BCUT2D eigenvalue weighted by molar-refractivity contribution is 14.0. The lowest BCUT2D eigenvalue weighted by Crippen LogP contribution is -2.38. The van der Waals surface area contributed by atoms with Gasteiger partial charge in [0.1, 0.15) is 11.6 Å². The van der Waals surface area contributed by atoms with Crippen LogP contribution in [0.1, 0.15) is 11.1 Å². The van der Waals surface area contributed by atoms with Gasteiger partial charge in [-0.15, -0.1) is 24.0 Å². The minimum absolute atomic E-state index is 0. The van der Waals surface area contributed by atoms with Crippen LogP contribution < -0.4 is 10.1 Å². The predicted molar refractivity (Wildman–Crippen MR) is 124 cm³/mol. The summed E-state index contributed by atoms with van der Waals surface area (Å²) in [7, 11) is 5.34. The van der Waals surface area contributed by atoms with Crippen molar-refractivity contribution in [3.63, 3.8) is 0 Å². The van der Waals surface area contributed by atoms with E-state index in [-0.39, 0.29) is 29.8 Å². The van der Waals surface area contributed by atoms with Crippen LogP contribution in [0, 0.1) is 5.82 Å². The van der Waals surface area contributed by atoms with Gasteiger partial charge in [-0.25, -0.2) is 9.37 Å². The maximum absolute atomic E-state index is 14.4. The molecule has 0 unspecified atom stereocenters. The van der Waals surface area contributed by atoms with Gasteiger partial charge in [-0.05, 0) is 23.8 Å². The Labute approximate surface area is 187 Å². The standard InChI is InChI=1S/C21H24FN5O.HI/c1-23-21(26(2)14-17-6-4-5-7-20(17)28-3)25-13-16-8-9-19(18(22)12-16)27-11-10-24-15-27;/h4-12,15H,13-14H2,1-3H3,(H,23,25);1H. The first kappa shape index (κ1) is 22.7. The van der Waals surface area contributed by atoms with Gasteiger partial charge in [-0.1, -0.05) is 24.3 Å². The van der Waals surface area contributed by atoms with Crippen molar-refractivity contribution in [2.75, 3.05) is 21.2 Å². The van der Waals surface area contributed by atoms with Crippen molar-refractivity contribution < 1.29 is 9.13 Å². The number of guanidine groups is 1. The number of aliphatic imine (C=N–C) groups is 1. The summed E-state index contributed by atoms with van der Waals surface area (Å²) >= 11 is 0. The molecule has 1 N–H and O–H groups in total. The molecule has 0 radical (unpaired) electrons. The lowest BCUT2D eigenvalue weighted by molar-refractivity contribution is 0.396. The second kappa shape index (κ2) is 10.8. The number of hydrogen-bond acceptors (Lipinski definition) is 3. The molecule has 0 amide bonds. The van der Waals surface area contributed by atoms with Crippen LogP contribution in [0.15, 0.2) is 66.2 Å². The minimum atomic E-state index is -0.297. The average molecular weight is 509 g/mol. The van der Waals surface area contributed by atoms with Crippen LogP contribution in [0.4, 0.5) is 4.39 Å². The summed E-state index contributed by atoms with van der Waals surface area (Å²) in [5.74, 6) is 1.25. The molecular formula is C21H25FIN5O. The van der Waals surface area contributed by atoms with E-state index in [1.54, 1.807) is 43.5 Å². The summed E-state index contributed by atoms with van der Waals surface area (Å²) in [6.07, 6.45) is 4.91. The van der Waals surface area contributed by atoms with Crippen LogP contribution >= 0.6 is 24.0 Å². The van der Waals surface area contributed by atoms with Gasteiger partial charge in [-0.2, -0.15) is 0 Å². The van der Waals surface area contributed by atoms with Crippen LogP contribution in [0.5, 0.6) is 5.75 Å². The lowest BCUT2D eigenvalue weighted by Gasteiger charge is -2.23. The van der Waals surface area contributed by atoms with Gasteiger partial charge in [0.15, 0.2) is 5.96 Å². The van der Waals surface area contributed by atoms with E-state index in [1.165, 1.54) is 6.07 Å². The van der Waals surface area contributed by atoms with Crippen molar-refractivity contribution >= 4 is 29.9 Å². The summed E-state index contributed by atoms with van der Waals surface area (Å²) in [6, 6.07) is 13.0. The molecule has 3 aromatic rings. The fraction of sp³-hybridized carbons (Fsp3) is 0.238. The molecule has 1 heterocycles. The molecule has 6 nitrogen and oxygen atoms in total. The first-order chi connectivity index (χ1) is 13.6. The molecule has 0 aliphatic carbocycles. The van der Waals surface area contributed by atoms with Gasteiger partial charge in [-0.3, -0.25) is 4.99 Å². The number of ether oxygens (including phenoxy) is 1. The van der Waals surface area contributed by atoms with E-state index in [4.69, 9.17) is 4.74 Å². The monoisotopic (exact) mass is 509 g/mol. The number of benzene rings is 2. The fourth-order valence-corrected chi connectivity index (χ4v) is 3.00. The summed E-state index contributed by atoms with van der Waals surface area (Å²) < 4.78 is 21.5. The van der Waals surface area contributed by atoms with Gasteiger partial charge in [0.25, 0.3) is 0 Å². The van der Waals surface area contributed by atoms with Crippen LogP contribution in [-0.2, 0) is 13.1 Å². The SMILES string of the molecule is CN=C(NCc1ccc(-n2ccnc2)c(F)c1)N(C)Cc1ccccc1OC.I. The molecule has 29 heavy (non-hydrogen) atoms. The van der Waals surface area contributed by atoms with Gasteiger partial charge in [0.05, 0.1) is 19.1 Å². The predicted octanol–water partition coefficient (Wildman–Crippen LogP) is 3.85. The van der Waals surface area contributed by atoms with Gasteiger partial charge in [0.2, 0.25) is 0 Å². The number of halogens is 2. The number of nitrogens with one attached hydrogen (secondary N) is 1. The Kier molecular flexibility index (Phi) is 8.44. The Hall–Kier alpha value is -2.62. The molecule has 8 heteroatoms. The smallest absolute Gasteiger partial charge is 0.193 e. The molecule has 2 aromatic carbocycles. The van der Waals surface area contributed by atoms with Crippen LogP contribution in [0.3, 0.4) is 0 Å². The summed E-state index contributed by atoms with van der Waals surface area (Å²) in [6.45, 7) is 1.10. The molecule has 0 bridgehead atoms. The van der Waals surface area contributed by atoms with Crippen LogP contribution in [0.25, 0.3) is 5.69 Å². The zero-order chi connectivity index (χ0) is 19.9. The molecule has 0 saturated carbocycles. The summed E-state index contributed by atoms with van der Waals surface area (Å²) in [5.41, 5.74) is 2.36. The Morgan fingerprint density at radius 3 is 2.72 bits per heavy atom. The van der Waals surface area contributed by atoms with E-state index < -0.39 is 0 Å². The first-order valence-corrected chi connectivity index (χ1v) is 8.93. The van der Waals surface area contributed by atoms with Gasteiger partial charge in [0, 0.05) is 45.1 Å². The summed E-state index contributed by atoms with van der Waals surface area (Å²) in [4.78, 5) is 10.3. The molecule has 3 rings (SSSR count). The zero-order valence-corrected chi connectivity index (χ0v) is 19.0. The highest BCUT2D eigenvalue weighted by Gasteiger charge is 2.11. The molecule has 0 spiro atoms. The van der Waals surface area contributed by atoms with E-state index in [2.05, 4.69) is 15.3 Å². The largest absolute Gasteiger partial charge is 0.496 e.